The summed E-state index contributed by atoms with van der Waals surface area (Å²) in [6.45, 7) is 7.59. The third-order valence-corrected chi connectivity index (χ3v) is 2.14. The molecule has 0 bridgehead atoms. The third kappa shape index (κ3) is 5.64. The summed E-state index contributed by atoms with van der Waals surface area (Å²) in [6.07, 6.45) is 8.47. The molecule has 1 N–H and O–H groups in total. The van der Waals surface area contributed by atoms with E-state index in [-0.39, 0.29) is 0 Å². The predicted molar refractivity (Wildman–Crippen MR) is 58.8 cm³/mol. The number of hydrogen-bond donors (Lipinski definition) is 1. The van der Waals surface area contributed by atoms with Crippen LogP contribution in [0.15, 0.2) is 23.3 Å². The molecule has 0 aromatic heterocycles. The second-order valence-corrected chi connectivity index (χ2v) is 4.19. The van der Waals surface area contributed by atoms with Crippen LogP contribution in [-0.2, 0) is 0 Å². The first-order chi connectivity index (χ1) is 6.18. The molecule has 0 aliphatic heterocycles. The molecule has 1 rings (SSSR count). The van der Waals surface area contributed by atoms with Gasteiger partial charge in [-0.25, -0.2) is 0 Å². The highest BCUT2D eigenvalue weighted by Crippen LogP contribution is 2.18. The topological polar surface area (TPSA) is 12.0 Å². The van der Waals surface area contributed by atoms with Gasteiger partial charge in [0.25, 0.3) is 0 Å². The average Bonchev–Trinajstić information content (AvgIpc) is 2.80. The highest BCUT2D eigenvalue weighted by atomic mass is 14.9. The van der Waals surface area contributed by atoms with Crippen molar-refractivity contribution in [2.24, 2.45) is 0 Å². The normalized spacial score (nSPS) is 17.3. The highest BCUT2D eigenvalue weighted by molar-refractivity contribution is 5.19. The van der Waals surface area contributed by atoms with Crippen molar-refractivity contribution in [1.82, 2.24) is 5.32 Å². The molecule has 0 aromatic carbocycles. The van der Waals surface area contributed by atoms with Gasteiger partial charge in [0.15, 0.2) is 0 Å². The Kier molecular flexibility index (Phi) is 4.23. The summed E-state index contributed by atoms with van der Waals surface area (Å²) < 4.78 is 0. The molecule has 0 aromatic rings. The van der Waals surface area contributed by atoms with Gasteiger partial charge in [-0.1, -0.05) is 23.3 Å². The van der Waals surface area contributed by atoms with Gasteiger partial charge in [0.1, 0.15) is 0 Å². The average molecular weight is 179 g/mol. The molecule has 74 valence electrons. The molecule has 1 saturated carbocycles. The summed E-state index contributed by atoms with van der Waals surface area (Å²) in [4.78, 5) is 0. The molecule has 0 unspecified atom stereocenters. The smallest absolute Gasteiger partial charge is 0.00683 e. The van der Waals surface area contributed by atoms with Crippen molar-refractivity contribution in [2.45, 2.75) is 46.1 Å². The maximum Gasteiger partial charge on any atom is 0.00683 e. The fourth-order valence-electron chi connectivity index (χ4n) is 1.39. The molecule has 0 spiro atoms. The molecule has 1 aliphatic rings. The summed E-state index contributed by atoms with van der Waals surface area (Å²) in [5.74, 6) is 0. The van der Waals surface area contributed by atoms with Gasteiger partial charge in [-0.05, 0) is 46.6 Å². The Bertz CT molecular complexity index is 205. The molecule has 1 nitrogen and oxygen atoms in total. The summed E-state index contributed by atoms with van der Waals surface area (Å²) >= 11 is 0. The third-order valence-electron chi connectivity index (χ3n) is 2.14. The quantitative estimate of drug-likeness (QED) is 0.505. The predicted octanol–water partition coefficient (Wildman–Crippen LogP) is 3.04. The van der Waals surface area contributed by atoms with Crippen LogP contribution in [0.1, 0.15) is 40.0 Å². The lowest BCUT2D eigenvalue weighted by Gasteiger charge is -1.99. The van der Waals surface area contributed by atoms with Crippen molar-refractivity contribution in [3.63, 3.8) is 0 Å². The minimum absolute atomic E-state index is 0.845. The van der Waals surface area contributed by atoms with E-state index in [0.29, 0.717) is 0 Å². The van der Waals surface area contributed by atoms with Crippen LogP contribution in [0, 0.1) is 0 Å². The van der Waals surface area contributed by atoms with E-state index in [2.05, 4.69) is 38.2 Å². The molecular formula is C12H21N. The number of allylic oxidation sites excluding steroid dienone is 3. The molecule has 0 atom stereocenters. The van der Waals surface area contributed by atoms with Gasteiger partial charge in [0.2, 0.25) is 0 Å². The second kappa shape index (κ2) is 5.23. The Hall–Kier alpha value is -0.560. The lowest BCUT2D eigenvalue weighted by molar-refractivity contribution is 0.689. The van der Waals surface area contributed by atoms with Gasteiger partial charge in [-0.2, -0.15) is 0 Å². The van der Waals surface area contributed by atoms with E-state index < -0.39 is 0 Å². The van der Waals surface area contributed by atoms with E-state index in [9.17, 15) is 0 Å². The van der Waals surface area contributed by atoms with Crippen LogP contribution in [0.25, 0.3) is 0 Å². The zero-order valence-electron chi connectivity index (χ0n) is 9.06. The molecule has 1 fully saturated rings. The van der Waals surface area contributed by atoms with Gasteiger partial charge in [-0.15, -0.1) is 0 Å². The van der Waals surface area contributed by atoms with E-state index in [1.165, 1.54) is 24.0 Å². The van der Waals surface area contributed by atoms with Gasteiger partial charge in [-0.3, -0.25) is 0 Å². The number of rotatable bonds is 5. The molecule has 0 radical (unpaired) electrons. The lowest BCUT2D eigenvalue weighted by Crippen LogP contribution is -2.16. The Labute approximate surface area is 81.9 Å². The van der Waals surface area contributed by atoms with Crippen LogP contribution in [0.3, 0.4) is 0 Å². The SMILES string of the molecule is CC(C)=CC(C)=CCCNC1CC1. The van der Waals surface area contributed by atoms with Crippen molar-refractivity contribution in [2.75, 3.05) is 6.54 Å². The molecule has 1 aliphatic carbocycles. The fourth-order valence-corrected chi connectivity index (χ4v) is 1.39. The van der Waals surface area contributed by atoms with Crippen LogP contribution < -0.4 is 5.32 Å². The van der Waals surface area contributed by atoms with E-state index in [4.69, 9.17) is 0 Å². The molecule has 13 heavy (non-hydrogen) atoms. The van der Waals surface area contributed by atoms with Gasteiger partial charge in [0.05, 0.1) is 0 Å². The van der Waals surface area contributed by atoms with Crippen molar-refractivity contribution < 1.29 is 0 Å². The van der Waals surface area contributed by atoms with Crippen LogP contribution in [0.2, 0.25) is 0 Å². The molecule has 0 amide bonds. The van der Waals surface area contributed by atoms with Crippen molar-refractivity contribution in [3.8, 4) is 0 Å². The minimum Gasteiger partial charge on any atom is -0.314 e. The Morgan fingerprint density at radius 1 is 1.31 bits per heavy atom. The molecule has 1 heteroatoms. The minimum atomic E-state index is 0.845. The maximum atomic E-state index is 3.50. The van der Waals surface area contributed by atoms with Gasteiger partial charge >= 0.3 is 0 Å². The van der Waals surface area contributed by atoms with Crippen LogP contribution in [-0.4, -0.2) is 12.6 Å². The zero-order valence-corrected chi connectivity index (χ0v) is 9.06. The largest absolute Gasteiger partial charge is 0.314 e. The van der Waals surface area contributed by atoms with E-state index in [1.54, 1.807) is 0 Å². The standard InChI is InChI=1S/C12H21N/c1-10(2)9-11(3)5-4-8-13-12-6-7-12/h5,9,12-13H,4,6-8H2,1-3H3. The van der Waals surface area contributed by atoms with Crippen LogP contribution in [0.4, 0.5) is 0 Å². The summed E-state index contributed by atoms with van der Waals surface area (Å²) in [6, 6.07) is 0.845. The first-order valence-corrected chi connectivity index (χ1v) is 5.23. The summed E-state index contributed by atoms with van der Waals surface area (Å²) in [5.41, 5.74) is 2.77. The highest BCUT2D eigenvalue weighted by Gasteiger charge is 2.19. The van der Waals surface area contributed by atoms with Gasteiger partial charge in [0, 0.05) is 6.04 Å². The number of nitrogens with one attached hydrogen (secondary N) is 1. The van der Waals surface area contributed by atoms with Crippen LogP contribution >= 0.6 is 0 Å². The summed E-state index contributed by atoms with van der Waals surface area (Å²) in [7, 11) is 0. The first kappa shape index (κ1) is 10.5. The van der Waals surface area contributed by atoms with Crippen molar-refractivity contribution in [1.29, 1.82) is 0 Å². The van der Waals surface area contributed by atoms with E-state index in [1.807, 2.05) is 0 Å². The molecular weight excluding hydrogens is 158 g/mol. The van der Waals surface area contributed by atoms with Gasteiger partial charge < -0.3 is 5.32 Å². The first-order valence-electron chi connectivity index (χ1n) is 5.23. The Morgan fingerprint density at radius 2 is 2.00 bits per heavy atom. The van der Waals surface area contributed by atoms with Crippen LogP contribution in [0.5, 0.6) is 0 Å². The number of hydrogen-bond acceptors (Lipinski definition) is 1. The summed E-state index contributed by atoms with van der Waals surface area (Å²) in [5, 5.41) is 3.50. The molecule has 0 heterocycles. The zero-order chi connectivity index (χ0) is 9.68. The monoisotopic (exact) mass is 179 g/mol. The van der Waals surface area contributed by atoms with E-state index >= 15 is 0 Å². The second-order valence-electron chi connectivity index (χ2n) is 4.19. The van der Waals surface area contributed by atoms with Crippen molar-refractivity contribution >= 4 is 0 Å². The van der Waals surface area contributed by atoms with E-state index in [0.717, 1.165) is 19.0 Å². The lowest BCUT2D eigenvalue weighted by atomic mass is 10.2. The Morgan fingerprint density at radius 3 is 2.54 bits per heavy atom. The Balaban J connectivity index is 2.10. The fraction of sp³-hybridized carbons (Fsp3) is 0.667. The van der Waals surface area contributed by atoms with Crippen molar-refractivity contribution in [3.05, 3.63) is 23.3 Å². The maximum absolute atomic E-state index is 3.50. The molecule has 0 saturated heterocycles.